The monoisotopic (exact) mass is 350 g/mol. The number of rotatable bonds is 6. The lowest BCUT2D eigenvalue weighted by Gasteiger charge is -2.34. The summed E-state index contributed by atoms with van der Waals surface area (Å²) in [6.45, 7) is 6.25. The zero-order valence-electron chi connectivity index (χ0n) is 15.0. The molecule has 3 rings (SSSR count). The van der Waals surface area contributed by atoms with Gasteiger partial charge in [0.05, 0.1) is 5.75 Å². The second-order valence-electron chi connectivity index (χ2n) is 7.79. The van der Waals surface area contributed by atoms with Crippen molar-refractivity contribution in [2.24, 2.45) is 17.8 Å². The number of hydrogen-bond acceptors (Lipinski definition) is 4. The largest absolute Gasteiger partial charge is 0.341 e. The van der Waals surface area contributed by atoms with Gasteiger partial charge in [-0.25, -0.2) is 4.98 Å². The van der Waals surface area contributed by atoms with Gasteiger partial charge < -0.3 is 4.90 Å². The van der Waals surface area contributed by atoms with E-state index < -0.39 is 0 Å². The van der Waals surface area contributed by atoms with Crippen LogP contribution in [0, 0.1) is 17.8 Å². The molecule has 2 heterocycles. The molecule has 1 N–H and O–H groups in total. The Morgan fingerprint density at radius 2 is 1.96 bits per heavy atom. The molecule has 0 radical (unpaired) electrons. The normalized spacial score (nSPS) is 25.3. The van der Waals surface area contributed by atoms with Gasteiger partial charge in [-0.1, -0.05) is 51.3 Å². The van der Waals surface area contributed by atoms with Gasteiger partial charge >= 0.3 is 0 Å². The highest BCUT2D eigenvalue weighted by molar-refractivity contribution is 7.99. The van der Waals surface area contributed by atoms with E-state index in [1.54, 1.807) is 0 Å². The second-order valence-corrected chi connectivity index (χ2v) is 8.73. The molecule has 0 bridgehead atoms. The summed E-state index contributed by atoms with van der Waals surface area (Å²) in [5, 5.41) is 8.02. The summed E-state index contributed by atoms with van der Waals surface area (Å²) in [5.74, 6) is 3.71. The highest BCUT2D eigenvalue weighted by atomic mass is 32.2. The van der Waals surface area contributed by atoms with E-state index in [0.717, 1.165) is 31.3 Å². The highest BCUT2D eigenvalue weighted by Crippen LogP contribution is 2.28. The Balaban J connectivity index is 1.42. The van der Waals surface area contributed by atoms with Gasteiger partial charge in [0, 0.05) is 19.5 Å². The zero-order valence-corrected chi connectivity index (χ0v) is 15.8. The van der Waals surface area contributed by atoms with E-state index in [-0.39, 0.29) is 5.91 Å². The van der Waals surface area contributed by atoms with Crippen molar-refractivity contribution in [3.05, 3.63) is 5.82 Å². The van der Waals surface area contributed by atoms with Crippen LogP contribution in [0.2, 0.25) is 0 Å². The molecule has 5 nitrogen and oxygen atoms in total. The molecule has 1 aromatic rings. The average molecular weight is 351 g/mol. The van der Waals surface area contributed by atoms with Crippen LogP contribution < -0.4 is 0 Å². The molecule has 1 saturated heterocycles. The van der Waals surface area contributed by atoms with Gasteiger partial charge in [0.1, 0.15) is 5.82 Å². The number of piperidine rings is 1. The first-order valence-electron chi connectivity index (χ1n) is 9.42. The molecule has 2 fully saturated rings. The maximum Gasteiger partial charge on any atom is 0.233 e. The van der Waals surface area contributed by atoms with Gasteiger partial charge in [0.2, 0.25) is 11.1 Å². The van der Waals surface area contributed by atoms with Crippen molar-refractivity contribution in [1.82, 2.24) is 20.1 Å². The van der Waals surface area contributed by atoms with Crippen LogP contribution in [0.15, 0.2) is 5.16 Å². The SMILES string of the molecule is CC1CC(C)CN(C(=O)CSc2n[nH]c(CCC3CCCC3)n2)C1. The van der Waals surface area contributed by atoms with E-state index in [2.05, 4.69) is 29.0 Å². The number of likely N-dealkylation sites (tertiary alicyclic amines) is 1. The first-order chi connectivity index (χ1) is 11.6. The van der Waals surface area contributed by atoms with Crippen molar-refractivity contribution in [3.8, 4) is 0 Å². The third kappa shape index (κ3) is 4.98. The van der Waals surface area contributed by atoms with Gasteiger partial charge in [-0.2, -0.15) is 0 Å². The summed E-state index contributed by atoms with van der Waals surface area (Å²) in [5.41, 5.74) is 0. The first kappa shape index (κ1) is 17.8. The molecule has 1 aromatic heterocycles. The van der Waals surface area contributed by atoms with Crippen LogP contribution in [-0.2, 0) is 11.2 Å². The predicted octanol–water partition coefficient (Wildman–Crippen LogP) is 3.52. The number of nitrogens with zero attached hydrogens (tertiary/aromatic N) is 3. The number of hydrogen-bond donors (Lipinski definition) is 1. The van der Waals surface area contributed by atoms with Crippen LogP contribution >= 0.6 is 11.8 Å². The Bertz CT molecular complexity index is 531. The smallest absolute Gasteiger partial charge is 0.233 e. The van der Waals surface area contributed by atoms with Crippen molar-refractivity contribution in [2.45, 2.75) is 63.9 Å². The minimum atomic E-state index is 0.218. The lowest BCUT2D eigenvalue weighted by atomic mass is 9.92. The van der Waals surface area contributed by atoms with Gasteiger partial charge in [0.25, 0.3) is 0 Å². The molecule has 6 heteroatoms. The Hall–Kier alpha value is -1.04. The molecule has 24 heavy (non-hydrogen) atoms. The summed E-state index contributed by atoms with van der Waals surface area (Å²) in [6, 6.07) is 0. The Labute approximate surface area is 149 Å². The average Bonchev–Trinajstić information content (AvgIpc) is 3.21. The number of nitrogens with one attached hydrogen (secondary N) is 1. The molecule has 0 spiro atoms. The summed E-state index contributed by atoms with van der Waals surface area (Å²) in [4.78, 5) is 19.0. The van der Waals surface area contributed by atoms with Gasteiger partial charge in [0.15, 0.2) is 0 Å². The fourth-order valence-electron chi connectivity index (χ4n) is 4.18. The molecule has 2 unspecified atom stereocenters. The third-order valence-corrected chi connectivity index (χ3v) is 6.15. The number of thioether (sulfide) groups is 1. The van der Waals surface area contributed by atoms with Crippen LogP contribution in [-0.4, -0.2) is 44.8 Å². The molecule has 0 aromatic carbocycles. The molecule has 1 saturated carbocycles. The number of H-pyrrole nitrogens is 1. The van der Waals surface area contributed by atoms with Crippen molar-refractivity contribution < 1.29 is 4.79 Å². The molecule has 1 amide bonds. The van der Waals surface area contributed by atoms with E-state index in [0.29, 0.717) is 22.7 Å². The molecule has 1 aliphatic heterocycles. The summed E-state index contributed by atoms with van der Waals surface area (Å²) in [7, 11) is 0. The summed E-state index contributed by atoms with van der Waals surface area (Å²) >= 11 is 1.46. The molecule has 1 aliphatic carbocycles. The molecular weight excluding hydrogens is 320 g/mol. The Morgan fingerprint density at radius 1 is 1.25 bits per heavy atom. The van der Waals surface area contributed by atoms with Crippen molar-refractivity contribution >= 4 is 17.7 Å². The van der Waals surface area contributed by atoms with Gasteiger partial charge in [-0.15, -0.1) is 5.10 Å². The van der Waals surface area contributed by atoms with E-state index in [4.69, 9.17) is 0 Å². The van der Waals surface area contributed by atoms with E-state index in [1.165, 1.54) is 50.3 Å². The van der Waals surface area contributed by atoms with Crippen LogP contribution in [0.4, 0.5) is 0 Å². The molecule has 2 aliphatic rings. The van der Waals surface area contributed by atoms with Gasteiger partial charge in [-0.05, 0) is 30.6 Å². The Morgan fingerprint density at radius 3 is 2.67 bits per heavy atom. The van der Waals surface area contributed by atoms with E-state index in [9.17, 15) is 4.79 Å². The number of carbonyl (C=O) groups is 1. The molecule has 2 atom stereocenters. The Kier molecular flexibility index (Phi) is 6.19. The molecular formula is C18H30N4OS. The molecule has 134 valence electrons. The topological polar surface area (TPSA) is 61.9 Å². The predicted molar refractivity (Wildman–Crippen MR) is 96.9 cm³/mol. The van der Waals surface area contributed by atoms with E-state index >= 15 is 0 Å². The standard InChI is InChI=1S/C18H30N4OS/c1-13-9-14(2)11-22(10-13)17(23)12-24-18-19-16(20-21-18)8-7-15-5-3-4-6-15/h13-15H,3-12H2,1-2H3,(H,19,20,21). The van der Waals surface area contributed by atoms with Crippen LogP contribution in [0.1, 0.15) is 58.2 Å². The van der Waals surface area contributed by atoms with Gasteiger partial charge in [-0.3, -0.25) is 9.89 Å². The minimum absolute atomic E-state index is 0.218. The van der Waals surface area contributed by atoms with Crippen LogP contribution in [0.5, 0.6) is 0 Å². The fourth-order valence-corrected chi connectivity index (χ4v) is 4.90. The van der Waals surface area contributed by atoms with Crippen LogP contribution in [0.25, 0.3) is 0 Å². The fraction of sp³-hybridized carbons (Fsp3) is 0.833. The zero-order chi connectivity index (χ0) is 16.9. The number of carbonyl (C=O) groups excluding carboxylic acids is 1. The lowest BCUT2D eigenvalue weighted by molar-refractivity contribution is -0.130. The lowest BCUT2D eigenvalue weighted by Crippen LogP contribution is -2.43. The highest BCUT2D eigenvalue weighted by Gasteiger charge is 2.25. The number of aromatic nitrogens is 3. The van der Waals surface area contributed by atoms with E-state index in [1.807, 2.05) is 4.90 Å². The number of amides is 1. The quantitative estimate of drug-likeness (QED) is 0.797. The first-order valence-corrected chi connectivity index (χ1v) is 10.4. The minimum Gasteiger partial charge on any atom is -0.341 e. The van der Waals surface area contributed by atoms with Crippen molar-refractivity contribution in [1.29, 1.82) is 0 Å². The number of aromatic amines is 1. The van der Waals surface area contributed by atoms with Crippen LogP contribution in [0.3, 0.4) is 0 Å². The van der Waals surface area contributed by atoms with Crippen molar-refractivity contribution in [2.75, 3.05) is 18.8 Å². The maximum atomic E-state index is 12.4. The number of aryl methyl sites for hydroxylation is 1. The second kappa shape index (κ2) is 8.37. The summed E-state index contributed by atoms with van der Waals surface area (Å²) < 4.78 is 0. The summed E-state index contributed by atoms with van der Waals surface area (Å²) in [6.07, 6.45) is 8.93. The van der Waals surface area contributed by atoms with Crippen molar-refractivity contribution in [3.63, 3.8) is 0 Å². The third-order valence-electron chi connectivity index (χ3n) is 5.32. The maximum absolute atomic E-state index is 12.4.